The van der Waals surface area contributed by atoms with Crippen molar-refractivity contribution in [2.75, 3.05) is 19.8 Å². The summed E-state index contributed by atoms with van der Waals surface area (Å²) in [5.41, 5.74) is 0.450. The molecule has 0 unspecified atom stereocenters. The summed E-state index contributed by atoms with van der Waals surface area (Å²) >= 11 is 0. The number of nitrogens with one attached hydrogen (secondary N) is 1. The zero-order valence-corrected chi connectivity index (χ0v) is 12.5. The lowest BCUT2D eigenvalue weighted by Gasteiger charge is -2.06. The van der Waals surface area contributed by atoms with Crippen LogP contribution in [0.4, 0.5) is 8.78 Å². The maximum atomic E-state index is 13.0. The Kier molecular flexibility index (Phi) is 5.37. The SMILES string of the molecule is CCOCCCNC(=O)c1cnn2c(C(F)F)cc(C)nc12. The van der Waals surface area contributed by atoms with Crippen LogP contribution < -0.4 is 5.32 Å². The molecule has 0 atom stereocenters. The van der Waals surface area contributed by atoms with Gasteiger partial charge in [0.1, 0.15) is 11.3 Å². The van der Waals surface area contributed by atoms with Gasteiger partial charge in [0.05, 0.1) is 6.20 Å². The summed E-state index contributed by atoms with van der Waals surface area (Å²) < 4.78 is 32.2. The summed E-state index contributed by atoms with van der Waals surface area (Å²) in [5.74, 6) is -0.384. The first-order valence-electron chi connectivity index (χ1n) is 7.04. The molecule has 8 heteroatoms. The van der Waals surface area contributed by atoms with Gasteiger partial charge in [-0.05, 0) is 26.3 Å². The minimum atomic E-state index is -2.69. The lowest BCUT2D eigenvalue weighted by atomic mass is 10.3. The van der Waals surface area contributed by atoms with E-state index in [2.05, 4.69) is 15.4 Å². The largest absolute Gasteiger partial charge is 0.382 e. The Balaban J connectivity index is 2.16. The second-order valence-corrected chi connectivity index (χ2v) is 4.72. The van der Waals surface area contributed by atoms with Gasteiger partial charge in [0.2, 0.25) is 0 Å². The summed E-state index contributed by atoms with van der Waals surface area (Å²) in [6.07, 6.45) is -0.759. The molecule has 0 radical (unpaired) electrons. The van der Waals surface area contributed by atoms with Crippen LogP contribution in [0.5, 0.6) is 0 Å². The van der Waals surface area contributed by atoms with Gasteiger partial charge in [-0.1, -0.05) is 0 Å². The van der Waals surface area contributed by atoms with Crippen LogP contribution in [-0.4, -0.2) is 40.3 Å². The highest BCUT2D eigenvalue weighted by molar-refractivity contribution is 5.99. The van der Waals surface area contributed by atoms with E-state index in [0.29, 0.717) is 31.9 Å². The Labute approximate surface area is 126 Å². The van der Waals surface area contributed by atoms with Crippen LogP contribution in [0, 0.1) is 6.92 Å². The van der Waals surface area contributed by atoms with Crippen LogP contribution >= 0.6 is 0 Å². The molecule has 2 aromatic rings. The number of carbonyl (C=O) groups excluding carboxylic acids is 1. The third kappa shape index (κ3) is 3.56. The van der Waals surface area contributed by atoms with Gasteiger partial charge in [0.25, 0.3) is 12.3 Å². The number of aromatic nitrogens is 3. The quantitative estimate of drug-likeness (QED) is 0.795. The topological polar surface area (TPSA) is 68.5 Å². The smallest absolute Gasteiger partial charge is 0.280 e. The molecule has 0 aliphatic rings. The number of halogens is 2. The van der Waals surface area contributed by atoms with Crippen molar-refractivity contribution in [3.05, 3.63) is 29.2 Å². The van der Waals surface area contributed by atoms with Gasteiger partial charge < -0.3 is 10.1 Å². The van der Waals surface area contributed by atoms with E-state index in [4.69, 9.17) is 4.74 Å². The molecule has 1 amide bonds. The zero-order valence-electron chi connectivity index (χ0n) is 12.5. The number of amides is 1. The summed E-state index contributed by atoms with van der Waals surface area (Å²) in [6.45, 7) is 5.11. The molecule has 0 bridgehead atoms. The molecule has 6 nitrogen and oxygen atoms in total. The zero-order chi connectivity index (χ0) is 16.1. The highest BCUT2D eigenvalue weighted by atomic mass is 19.3. The van der Waals surface area contributed by atoms with Gasteiger partial charge in [-0.3, -0.25) is 4.79 Å². The third-order valence-electron chi connectivity index (χ3n) is 3.05. The summed E-state index contributed by atoms with van der Waals surface area (Å²) in [5, 5.41) is 6.55. The minimum absolute atomic E-state index is 0.137. The van der Waals surface area contributed by atoms with Crippen molar-refractivity contribution in [3.63, 3.8) is 0 Å². The lowest BCUT2D eigenvalue weighted by molar-refractivity contribution is 0.0945. The fraction of sp³-hybridized carbons (Fsp3) is 0.500. The molecule has 2 aromatic heterocycles. The monoisotopic (exact) mass is 312 g/mol. The van der Waals surface area contributed by atoms with Crippen LogP contribution in [0.15, 0.2) is 12.3 Å². The second kappa shape index (κ2) is 7.26. The Morgan fingerprint density at radius 2 is 2.27 bits per heavy atom. The summed E-state index contributed by atoms with van der Waals surface area (Å²) in [7, 11) is 0. The maximum Gasteiger partial charge on any atom is 0.280 e. The molecule has 0 saturated carbocycles. The molecule has 0 saturated heterocycles. The first kappa shape index (κ1) is 16.3. The van der Waals surface area contributed by atoms with E-state index in [9.17, 15) is 13.6 Å². The molecular weight excluding hydrogens is 294 g/mol. The predicted octanol–water partition coefficient (Wildman–Crippen LogP) is 2.13. The third-order valence-corrected chi connectivity index (χ3v) is 3.05. The minimum Gasteiger partial charge on any atom is -0.382 e. The van der Waals surface area contributed by atoms with Crippen LogP contribution in [0.2, 0.25) is 0 Å². The van der Waals surface area contributed by atoms with E-state index in [1.54, 1.807) is 6.92 Å². The van der Waals surface area contributed by atoms with E-state index in [-0.39, 0.29) is 22.8 Å². The van der Waals surface area contributed by atoms with Crippen LogP contribution in [-0.2, 0) is 4.74 Å². The second-order valence-electron chi connectivity index (χ2n) is 4.72. The normalized spacial score (nSPS) is 11.3. The molecule has 1 N–H and O–H groups in total. The van der Waals surface area contributed by atoms with E-state index in [0.717, 1.165) is 4.52 Å². The first-order chi connectivity index (χ1) is 10.5. The molecule has 0 spiro atoms. The number of nitrogens with zero attached hydrogens (tertiary/aromatic N) is 3. The standard InChI is InChI=1S/C14H18F2N4O2/c1-3-22-6-4-5-17-14(21)10-8-18-20-11(12(15)16)7-9(2)19-13(10)20/h7-8,12H,3-6H2,1-2H3,(H,17,21). The lowest BCUT2D eigenvalue weighted by Crippen LogP contribution is -2.25. The number of fused-ring (bicyclic) bond motifs is 1. The highest BCUT2D eigenvalue weighted by Crippen LogP contribution is 2.21. The van der Waals surface area contributed by atoms with Gasteiger partial charge in [-0.2, -0.15) is 5.10 Å². The van der Waals surface area contributed by atoms with Gasteiger partial charge in [-0.15, -0.1) is 0 Å². The molecule has 0 aromatic carbocycles. The number of aryl methyl sites for hydroxylation is 1. The average molecular weight is 312 g/mol. The molecule has 0 fully saturated rings. The van der Waals surface area contributed by atoms with Crippen molar-refractivity contribution in [2.24, 2.45) is 0 Å². The molecule has 120 valence electrons. The van der Waals surface area contributed by atoms with E-state index >= 15 is 0 Å². The highest BCUT2D eigenvalue weighted by Gasteiger charge is 2.19. The van der Waals surface area contributed by atoms with Crippen molar-refractivity contribution in [2.45, 2.75) is 26.7 Å². The van der Waals surface area contributed by atoms with Crippen LogP contribution in [0.1, 0.15) is 41.5 Å². The molecule has 0 aliphatic carbocycles. The van der Waals surface area contributed by atoms with Gasteiger partial charge in [0, 0.05) is 25.5 Å². The Morgan fingerprint density at radius 1 is 1.50 bits per heavy atom. The summed E-state index contributed by atoms with van der Waals surface area (Å²) in [4.78, 5) is 16.3. The van der Waals surface area contributed by atoms with Crippen molar-refractivity contribution in [1.82, 2.24) is 19.9 Å². The van der Waals surface area contributed by atoms with Crippen molar-refractivity contribution >= 4 is 11.6 Å². The summed E-state index contributed by atoms with van der Waals surface area (Å²) in [6, 6.07) is 1.26. The molecule has 2 rings (SSSR count). The molecule has 2 heterocycles. The van der Waals surface area contributed by atoms with Gasteiger partial charge in [-0.25, -0.2) is 18.3 Å². The molecule has 22 heavy (non-hydrogen) atoms. The van der Waals surface area contributed by atoms with Gasteiger partial charge >= 0.3 is 0 Å². The number of alkyl halides is 2. The van der Waals surface area contributed by atoms with Crippen LogP contribution in [0.25, 0.3) is 5.65 Å². The fourth-order valence-electron chi connectivity index (χ4n) is 2.04. The predicted molar refractivity (Wildman–Crippen MR) is 76.1 cm³/mol. The fourth-order valence-corrected chi connectivity index (χ4v) is 2.04. The Morgan fingerprint density at radius 3 is 2.95 bits per heavy atom. The Hall–Kier alpha value is -2.09. The van der Waals surface area contributed by atoms with Crippen molar-refractivity contribution in [1.29, 1.82) is 0 Å². The molecule has 0 aliphatic heterocycles. The van der Waals surface area contributed by atoms with Crippen molar-refractivity contribution < 1.29 is 18.3 Å². The Bertz CT molecular complexity index is 658. The number of rotatable bonds is 7. The number of carbonyl (C=O) groups is 1. The number of ether oxygens (including phenoxy) is 1. The van der Waals surface area contributed by atoms with E-state index in [1.807, 2.05) is 6.92 Å². The first-order valence-corrected chi connectivity index (χ1v) is 7.04. The van der Waals surface area contributed by atoms with Crippen molar-refractivity contribution in [3.8, 4) is 0 Å². The maximum absolute atomic E-state index is 13.0. The van der Waals surface area contributed by atoms with Crippen LogP contribution in [0.3, 0.4) is 0 Å². The van der Waals surface area contributed by atoms with E-state index in [1.165, 1.54) is 12.3 Å². The average Bonchev–Trinajstić information content (AvgIpc) is 2.89. The number of hydrogen-bond donors (Lipinski definition) is 1. The van der Waals surface area contributed by atoms with E-state index < -0.39 is 6.43 Å². The number of hydrogen-bond acceptors (Lipinski definition) is 4. The molecular formula is C14H18F2N4O2. The van der Waals surface area contributed by atoms with Gasteiger partial charge in [0.15, 0.2) is 5.65 Å².